The lowest BCUT2D eigenvalue weighted by Crippen LogP contribution is -2.61. The molecule has 5 aromatic carbocycles. The van der Waals surface area contributed by atoms with Gasteiger partial charge < -0.3 is 9.47 Å². The molecule has 216 valence electrons. The molecule has 0 saturated heterocycles. The first kappa shape index (κ1) is 27.7. The van der Waals surface area contributed by atoms with E-state index in [1.54, 1.807) is 0 Å². The first-order chi connectivity index (χ1) is 21.3. The van der Waals surface area contributed by atoms with Gasteiger partial charge in [0.15, 0.2) is 0 Å². The van der Waals surface area contributed by atoms with E-state index in [1.165, 1.54) is 53.8 Å². The smallest absolute Gasteiger partial charge is 0.260 e. The fourth-order valence-electron chi connectivity index (χ4n) is 7.49. The highest BCUT2D eigenvalue weighted by molar-refractivity contribution is 8.00. The lowest BCUT2D eigenvalue weighted by molar-refractivity contribution is 0.464. The minimum absolute atomic E-state index is 0.0560. The van der Waals surface area contributed by atoms with E-state index in [9.17, 15) is 0 Å². The van der Waals surface area contributed by atoms with E-state index in [2.05, 4.69) is 126 Å². The summed E-state index contributed by atoms with van der Waals surface area (Å²) in [6.07, 6.45) is 0. The van der Waals surface area contributed by atoms with Gasteiger partial charge in [0.1, 0.15) is 23.0 Å². The summed E-state index contributed by atoms with van der Waals surface area (Å²) in [4.78, 5) is 2.61. The molecule has 5 heteroatoms. The lowest BCUT2D eigenvalue weighted by atomic mass is 9.31. The van der Waals surface area contributed by atoms with Crippen LogP contribution in [0.4, 0.5) is 0 Å². The molecule has 0 aliphatic carbocycles. The van der Waals surface area contributed by atoms with E-state index in [4.69, 9.17) is 9.47 Å². The number of para-hydroxylation sites is 1. The minimum atomic E-state index is 0.0560. The van der Waals surface area contributed by atoms with E-state index >= 15 is 0 Å². The molecule has 0 aromatic heterocycles. The summed E-state index contributed by atoms with van der Waals surface area (Å²) in [7, 11) is 0. The van der Waals surface area contributed by atoms with E-state index in [1.807, 2.05) is 17.8 Å². The van der Waals surface area contributed by atoms with Crippen LogP contribution in [0.2, 0.25) is 0 Å². The van der Waals surface area contributed by atoms with Crippen molar-refractivity contribution in [3.05, 3.63) is 108 Å². The van der Waals surface area contributed by atoms with Crippen molar-refractivity contribution in [3.8, 4) is 23.0 Å². The van der Waals surface area contributed by atoms with Gasteiger partial charge in [0, 0.05) is 15.3 Å². The van der Waals surface area contributed by atoms with Crippen molar-refractivity contribution in [2.24, 2.45) is 0 Å². The maximum atomic E-state index is 6.71. The standard InChI is InChI=1S/C39H36B2O2S/c1-22(2)25-18-26(23(3)4)38(27(19-25)24(5)6)41-29-13-8-10-17-36(29)44-37-21-35-30(20-31(37)41)40-28-12-7-9-14-32(28)42-33-15-11-16-34(43-35)39(33)40/h7-24H,1-6H3. The van der Waals surface area contributed by atoms with Gasteiger partial charge in [-0.3, -0.25) is 0 Å². The van der Waals surface area contributed by atoms with Crippen molar-refractivity contribution in [3.63, 3.8) is 0 Å². The van der Waals surface area contributed by atoms with Crippen LogP contribution in [0.5, 0.6) is 23.0 Å². The molecule has 3 aliphatic rings. The van der Waals surface area contributed by atoms with Gasteiger partial charge >= 0.3 is 0 Å². The summed E-state index contributed by atoms with van der Waals surface area (Å²) in [5.41, 5.74) is 12.2. The number of ether oxygens (including phenoxy) is 2. The van der Waals surface area contributed by atoms with Crippen molar-refractivity contribution in [1.82, 2.24) is 0 Å². The third-order valence-electron chi connectivity index (χ3n) is 9.66. The molecule has 0 spiro atoms. The summed E-state index contributed by atoms with van der Waals surface area (Å²) in [6, 6.07) is 33.5. The molecular weight excluding hydrogens is 554 g/mol. The summed E-state index contributed by atoms with van der Waals surface area (Å²) in [6.45, 7) is 14.2. The first-order valence-electron chi connectivity index (χ1n) is 16.0. The third-order valence-corrected chi connectivity index (χ3v) is 10.8. The van der Waals surface area contributed by atoms with Gasteiger partial charge in [-0.1, -0.05) is 130 Å². The number of hydrogen-bond donors (Lipinski definition) is 0. The number of benzene rings is 5. The maximum absolute atomic E-state index is 6.71. The van der Waals surface area contributed by atoms with Crippen molar-refractivity contribution >= 4 is 58.0 Å². The molecule has 0 bridgehead atoms. The molecule has 5 aromatic rings. The molecule has 0 fully saturated rings. The van der Waals surface area contributed by atoms with Gasteiger partial charge in [-0.2, -0.15) is 0 Å². The predicted molar refractivity (Wildman–Crippen MR) is 188 cm³/mol. The first-order valence-corrected chi connectivity index (χ1v) is 16.8. The number of hydrogen-bond acceptors (Lipinski definition) is 3. The summed E-state index contributed by atoms with van der Waals surface area (Å²) < 4.78 is 13.1. The van der Waals surface area contributed by atoms with E-state index < -0.39 is 0 Å². The second-order valence-corrected chi connectivity index (χ2v) is 14.5. The van der Waals surface area contributed by atoms with Crippen LogP contribution in [-0.2, 0) is 0 Å². The molecule has 44 heavy (non-hydrogen) atoms. The largest absolute Gasteiger partial charge is 0.458 e. The zero-order valence-corrected chi connectivity index (χ0v) is 27.1. The molecule has 0 radical (unpaired) electrons. The molecule has 0 saturated carbocycles. The van der Waals surface area contributed by atoms with Crippen molar-refractivity contribution in [1.29, 1.82) is 0 Å². The van der Waals surface area contributed by atoms with E-state index in [-0.39, 0.29) is 13.4 Å². The molecule has 8 rings (SSSR count). The van der Waals surface area contributed by atoms with Crippen molar-refractivity contribution in [2.75, 3.05) is 0 Å². The van der Waals surface area contributed by atoms with Gasteiger partial charge in [0.05, 0.1) is 0 Å². The normalized spacial score (nSPS) is 14.0. The Kier molecular flexibility index (Phi) is 6.54. The SMILES string of the molecule is CC(C)c1cc(C(C)C)c(B2c3ccccc3Sc3cc4c(cc32)B2c3ccccc3Oc3cccc(c32)O4)c(C(C)C)c1. The Morgan fingerprint density at radius 3 is 1.75 bits per heavy atom. The topological polar surface area (TPSA) is 18.5 Å². The third kappa shape index (κ3) is 4.19. The van der Waals surface area contributed by atoms with Crippen molar-refractivity contribution in [2.45, 2.75) is 69.1 Å². The average Bonchev–Trinajstić information content (AvgIpc) is 3.02. The van der Waals surface area contributed by atoms with Gasteiger partial charge in [-0.05, 0) is 75.7 Å². The fourth-order valence-corrected chi connectivity index (χ4v) is 8.64. The maximum Gasteiger partial charge on any atom is 0.260 e. The molecule has 0 atom stereocenters. The van der Waals surface area contributed by atoms with Crippen LogP contribution >= 0.6 is 11.8 Å². The Balaban J connectivity index is 1.42. The van der Waals surface area contributed by atoms with Crippen LogP contribution in [0, 0.1) is 0 Å². The van der Waals surface area contributed by atoms with Crippen LogP contribution in [0.1, 0.15) is 76.0 Å². The number of fused-ring (bicyclic) bond motifs is 6. The van der Waals surface area contributed by atoms with Crippen LogP contribution in [-0.4, -0.2) is 13.4 Å². The zero-order valence-electron chi connectivity index (χ0n) is 26.3. The van der Waals surface area contributed by atoms with Gasteiger partial charge in [-0.25, -0.2) is 0 Å². The second-order valence-electron chi connectivity index (χ2n) is 13.4. The molecule has 3 aliphatic heterocycles. The van der Waals surface area contributed by atoms with Crippen LogP contribution in [0.15, 0.2) is 101 Å². The van der Waals surface area contributed by atoms with Crippen LogP contribution < -0.4 is 42.3 Å². The molecular formula is C39H36B2O2S. The Bertz CT molecular complexity index is 1930. The fraction of sp³-hybridized carbons (Fsp3) is 0.231. The molecule has 0 N–H and O–H groups in total. The second kappa shape index (κ2) is 10.4. The van der Waals surface area contributed by atoms with Gasteiger partial charge in [0.2, 0.25) is 6.71 Å². The summed E-state index contributed by atoms with van der Waals surface area (Å²) in [5, 5.41) is 0. The highest BCUT2D eigenvalue weighted by Gasteiger charge is 2.43. The van der Waals surface area contributed by atoms with E-state index in [0.717, 1.165) is 28.5 Å². The number of rotatable bonds is 4. The molecule has 3 heterocycles. The van der Waals surface area contributed by atoms with Gasteiger partial charge in [0.25, 0.3) is 6.71 Å². The Morgan fingerprint density at radius 2 is 1.07 bits per heavy atom. The molecule has 0 amide bonds. The zero-order chi connectivity index (χ0) is 30.3. The highest BCUT2D eigenvalue weighted by atomic mass is 32.2. The van der Waals surface area contributed by atoms with Crippen molar-refractivity contribution < 1.29 is 9.47 Å². The van der Waals surface area contributed by atoms with Crippen LogP contribution in [0.3, 0.4) is 0 Å². The Labute approximate surface area is 266 Å². The van der Waals surface area contributed by atoms with E-state index in [0.29, 0.717) is 17.8 Å². The van der Waals surface area contributed by atoms with Gasteiger partial charge in [-0.15, -0.1) is 0 Å². The summed E-state index contributed by atoms with van der Waals surface area (Å²) >= 11 is 1.88. The average molecular weight is 590 g/mol. The Hall–Kier alpha value is -3.82. The molecule has 2 nitrogen and oxygen atoms in total. The summed E-state index contributed by atoms with van der Waals surface area (Å²) in [5.74, 6) is 4.95. The minimum Gasteiger partial charge on any atom is -0.458 e. The Morgan fingerprint density at radius 1 is 0.477 bits per heavy atom. The predicted octanol–water partition coefficient (Wildman–Crippen LogP) is 6.77. The lowest BCUT2D eigenvalue weighted by Gasteiger charge is -2.36. The quantitative estimate of drug-likeness (QED) is 0.211. The monoisotopic (exact) mass is 590 g/mol. The van der Waals surface area contributed by atoms with Crippen LogP contribution in [0.25, 0.3) is 0 Å². The highest BCUT2D eigenvalue weighted by Crippen LogP contribution is 2.38. The molecule has 0 unspecified atom stereocenters.